The first-order valence-electron chi connectivity index (χ1n) is 9.31. The second-order valence-electron chi connectivity index (χ2n) is 6.93. The van der Waals surface area contributed by atoms with Gasteiger partial charge in [-0.15, -0.1) is 0 Å². The molecule has 1 heterocycles. The topological polar surface area (TPSA) is 72.6 Å². The van der Waals surface area contributed by atoms with Gasteiger partial charge in [0, 0.05) is 16.1 Å². The molecule has 5 nitrogen and oxygen atoms in total. The van der Waals surface area contributed by atoms with Gasteiger partial charge in [0.15, 0.2) is 11.6 Å². The number of ether oxygens (including phenoxy) is 1. The minimum absolute atomic E-state index is 0.0199. The summed E-state index contributed by atoms with van der Waals surface area (Å²) >= 11 is 6.06. The van der Waals surface area contributed by atoms with Crippen LogP contribution in [0.5, 0.6) is 5.75 Å². The van der Waals surface area contributed by atoms with Crippen molar-refractivity contribution < 1.29 is 18.7 Å². The molecule has 3 aromatic rings. The molecular formula is C23H18ClFN2O3. The van der Waals surface area contributed by atoms with E-state index in [1.54, 1.807) is 66.7 Å². The summed E-state index contributed by atoms with van der Waals surface area (Å²) in [6.45, 7) is -0.0260. The summed E-state index contributed by atoms with van der Waals surface area (Å²) in [5, 5.41) is 0.171. The summed E-state index contributed by atoms with van der Waals surface area (Å²) in [7, 11) is 0. The zero-order valence-electron chi connectivity index (χ0n) is 15.8. The number of fused-ring (bicyclic) bond motifs is 1. The lowest BCUT2D eigenvalue weighted by Gasteiger charge is -2.34. The fourth-order valence-corrected chi connectivity index (χ4v) is 3.94. The predicted octanol–water partition coefficient (Wildman–Crippen LogP) is 4.28. The van der Waals surface area contributed by atoms with Crippen molar-refractivity contribution in [3.05, 3.63) is 100 Å². The maximum absolute atomic E-state index is 14.4. The van der Waals surface area contributed by atoms with Crippen LogP contribution in [0.1, 0.15) is 33.6 Å². The van der Waals surface area contributed by atoms with E-state index in [2.05, 4.69) is 0 Å². The van der Waals surface area contributed by atoms with Crippen molar-refractivity contribution in [2.24, 2.45) is 5.73 Å². The van der Waals surface area contributed by atoms with Gasteiger partial charge in [-0.1, -0.05) is 60.1 Å². The molecule has 7 heteroatoms. The molecule has 0 bridgehead atoms. The number of halogens is 2. The van der Waals surface area contributed by atoms with Gasteiger partial charge in [0.25, 0.3) is 5.91 Å². The van der Waals surface area contributed by atoms with Gasteiger partial charge in [0.05, 0.1) is 6.04 Å². The average Bonchev–Trinajstić information content (AvgIpc) is 3.16. The van der Waals surface area contributed by atoms with Crippen molar-refractivity contribution >= 4 is 23.4 Å². The van der Waals surface area contributed by atoms with Crippen molar-refractivity contribution in [2.75, 3.05) is 6.61 Å². The molecule has 1 aliphatic heterocycles. The number of carbonyl (C=O) groups is 2. The standard InChI is InChI=1S/C23H18ClFN2O3/c24-16-11-17-19(13-30-21(17)18(25)12-16)27(23(29)15-9-5-2-6-10-15)20(22(26)28)14-7-3-1-4-8-14/h1-12,19-20H,13H2,(H2,26,28)/t19-,20-/m1/s1. The molecule has 0 saturated carbocycles. The van der Waals surface area contributed by atoms with Crippen LogP contribution < -0.4 is 10.5 Å². The third kappa shape index (κ3) is 3.62. The van der Waals surface area contributed by atoms with E-state index in [1.165, 1.54) is 4.90 Å². The fourth-order valence-electron chi connectivity index (χ4n) is 3.73. The fraction of sp³-hybridized carbons (Fsp3) is 0.130. The Morgan fingerprint density at radius 3 is 2.33 bits per heavy atom. The van der Waals surface area contributed by atoms with Crippen LogP contribution in [0.3, 0.4) is 0 Å². The van der Waals surface area contributed by atoms with Crippen LogP contribution in [0.4, 0.5) is 4.39 Å². The van der Waals surface area contributed by atoms with Crippen molar-refractivity contribution in [3.8, 4) is 5.75 Å². The van der Waals surface area contributed by atoms with Crippen LogP contribution in [0, 0.1) is 5.82 Å². The van der Waals surface area contributed by atoms with Gasteiger partial charge in [0.2, 0.25) is 5.91 Å². The van der Waals surface area contributed by atoms with Gasteiger partial charge in [-0.3, -0.25) is 9.59 Å². The molecule has 2 N–H and O–H groups in total. The molecule has 0 saturated heterocycles. The molecule has 0 spiro atoms. The largest absolute Gasteiger partial charge is 0.488 e. The minimum atomic E-state index is -1.08. The second kappa shape index (κ2) is 8.16. The zero-order chi connectivity index (χ0) is 21.3. The number of hydrogen-bond donors (Lipinski definition) is 1. The van der Waals surface area contributed by atoms with E-state index in [0.717, 1.165) is 6.07 Å². The third-order valence-corrected chi connectivity index (χ3v) is 5.25. The second-order valence-corrected chi connectivity index (χ2v) is 7.36. The number of nitrogens with two attached hydrogens (primary N) is 1. The molecule has 0 aromatic heterocycles. The Kier molecular flexibility index (Phi) is 5.42. The molecule has 0 fully saturated rings. The van der Waals surface area contributed by atoms with Gasteiger partial charge >= 0.3 is 0 Å². The first-order valence-corrected chi connectivity index (χ1v) is 9.69. The van der Waals surface area contributed by atoms with Crippen LogP contribution in [-0.2, 0) is 4.79 Å². The highest BCUT2D eigenvalue weighted by atomic mass is 35.5. The van der Waals surface area contributed by atoms with Crippen molar-refractivity contribution in [3.63, 3.8) is 0 Å². The lowest BCUT2D eigenvalue weighted by Crippen LogP contribution is -2.44. The van der Waals surface area contributed by atoms with Crippen LogP contribution in [0.15, 0.2) is 72.8 Å². The van der Waals surface area contributed by atoms with Gasteiger partial charge in [-0.2, -0.15) is 0 Å². The Morgan fingerprint density at radius 1 is 1.07 bits per heavy atom. The van der Waals surface area contributed by atoms with E-state index in [-0.39, 0.29) is 17.4 Å². The maximum atomic E-state index is 14.4. The Balaban J connectivity index is 1.88. The highest BCUT2D eigenvalue weighted by molar-refractivity contribution is 6.30. The highest BCUT2D eigenvalue weighted by Gasteiger charge is 2.41. The zero-order valence-corrected chi connectivity index (χ0v) is 16.6. The van der Waals surface area contributed by atoms with Gasteiger partial charge in [-0.25, -0.2) is 4.39 Å². The van der Waals surface area contributed by atoms with Crippen molar-refractivity contribution in [2.45, 2.75) is 12.1 Å². The monoisotopic (exact) mass is 424 g/mol. The summed E-state index contributed by atoms with van der Waals surface area (Å²) in [6.07, 6.45) is 0. The van der Waals surface area contributed by atoms with Crippen LogP contribution in [0.25, 0.3) is 0 Å². The lowest BCUT2D eigenvalue weighted by molar-refractivity contribution is -0.123. The molecule has 0 radical (unpaired) electrons. The summed E-state index contributed by atoms with van der Waals surface area (Å²) in [4.78, 5) is 27.5. The molecule has 3 aromatic carbocycles. The molecule has 2 amide bonds. The number of hydrogen-bond acceptors (Lipinski definition) is 3. The van der Waals surface area contributed by atoms with E-state index >= 15 is 0 Å². The number of amides is 2. The first kappa shape index (κ1) is 19.9. The Morgan fingerprint density at radius 2 is 1.70 bits per heavy atom. The number of nitrogens with zero attached hydrogens (tertiary/aromatic N) is 1. The van der Waals surface area contributed by atoms with E-state index in [1.807, 2.05) is 0 Å². The summed E-state index contributed by atoms with van der Waals surface area (Å²) in [6, 6.07) is 18.1. The summed E-state index contributed by atoms with van der Waals surface area (Å²) in [5.74, 6) is -1.74. The molecule has 0 aliphatic carbocycles. The van der Waals surface area contributed by atoms with Crippen LogP contribution >= 0.6 is 11.6 Å². The van der Waals surface area contributed by atoms with E-state index < -0.39 is 29.7 Å². The molecule has 0 unspecified atom stereocenters. The van der Waals surface area contributed by atoms with Crippen molar-refractivity contribution in [1.82, 2.24) is 4.90 Å². The summed E-state index contributed by atoms with van der Waals surface area (Å²) < 4.78 is 19.9. The number of rotatable bonds is 5. The van der Waals surface area contributed by atoms with Gasteiger partial charge < -0.3 is 15.4 Å². The number of primary amides is 1. The molecule has 1 aliphatic rings. The molecule has 2 atom stereocenters. The van der Waals surface area contributed by atoms with Gasteiger partial charge in [-0.05, 0) is 29.8 Å². The van der Waals surface area contributed by atoms with E-state index in [9.17, 15) is 14.0 Å². The highest BCUT2D eigenvalue weighted by Crippen LogP contribution is 2.43. The maximum Gasteiger partial charge on any atom is 0.255 e. The number of carbonyl (C=O) groups excluding carboxylic acids is 2. The Hall–Kier alpha value is -3.38. The molecule has 152 valence electrons. The van der Waals surface area contributed by atoms with Crippen LogP contribution in [-0.4, -0.2) is 23.3 Å². The van der Waals surface area contributed by atoms with Gasteiger partial charge in [0.1, 0.15) is 12.6 Å². The van der Waals surface area contributed by atoms with Crippen molar-refractivity contribution in [1.29, 1.82) is 0 Å². The number of benzene rings is 3. The predicted molar refractivity (Wildman–Crippen MR) is 111 cm³/mol. The lowest BCUT2D eigenvalue weighted by atomic mass is 9.98. The third-order valence-electron chi connectivity index (χ3n) is 5.04. The van der Waals surface area contributed by atoms with E-state index in [4.69, 9.17) is 22.1 Å². The Labute approximate surface area is 177 Å². The summed E-state index contributed by atoms with van der Waals surface area (Å²) in [5.41, 5.74) is 7.07. The smallest absolute Gasteiger partial charge is 0.255 e. The average molecular weight is 425 g/mol. The quantitative estimate of drug-likeness (QED) is 0.664. The molecular weight excluding hydrogens is 407 g/mol. The molecule has 30 heavy (non-hydrogen) atoms. The normalized spacial score (nSPS) is 15.7. The SMILES string of the molecule is NC(=O)[C@@H](c1ccccc1)N(C(=O)c1ccccc1)[C@@H]1COc2c(F)cc(Cl)cc21. The van der Waals surface area contributed by atoms with E-state index in [0.29, 0.717) is 16.7 Å². The minimum Gasteiger partial charge on any atom is -0.488 e. The first-order chi connectivity index (χ1) is 14.5. The van der Waals surface area contributed by atoms with Crippen LogP contribution in [0.2, 0.25) is 5.02 Å². The molecule has 4 rings (SSSR count). The Bertz CT molecular complexity index is 1090.